The Kier molecular flexibility index (Phi) is 5.59. The number of hydrogen-bond acceptors (Lipinski definition) is 4. The van der Waals surface area contributed by atoms with Crippen LogP contribution in [0.3, 0.4) is 0 Å². The Morgan fingerprint density at radius 2 is 2.04 bits per heavy atom. The van der Waals surface area contributed by atoms with Crippen molar-refractivity contribution in [3.05, 3.63) is 23.0 Å². The van der Waals surface area contributed by atoms with Crippen LogP contribution in [-0.4, -0.2) is 41.8 Å². The highest BCUT2D eigenvalue weighted by atomic mass is 35.5. The molecule has 1 aromatic carbocycles. The molecule has 2 fully saturated rings. The van der Waals surface area contributed by atoms with Crippen molar-refractivity contribution in [1.82, 2.24) is 0 Å². The number of terminal acetylenes is 1. The Labute approximate surface area is 161 Å². The van der Waals surface area contributed by atoms with Gasteiger partial charge in [0.25, 0.3) is 0 Å². The molecule has 8 heteroatoms. The van der Waals surface area contributed by atoms with Gasteiger partial charge >= 0.3 is 11.9 Å². The summed E-state index contributed by atoms with van der Waals surface area (Å²) < 4.78 is 25.9. The van der Waals surface area contributed by atoms with Gasteiger partial charge in [0.05, 0.1) is 11.8 Å². The van der Waals surface area contributed by atoms with Gasteiger partial charge in [-0.2, -0.15) is 0 Å². The van der Waals surface area contributed by atoms with Crippen LogP contribution >= 0.6 is 11.6 Å². The number of ether oxygens (including phenoxy) is 2. The minimum atomic E-state index is -1.71. The number of rotatable bonds is 5. The normalized spacial score (nSPS) is 18.9. The third-order valence-corrected chi connectivity index (χ3v) is 5.44. The van der Waals surface area contributed by atoms with Crippen LogP contribution in [0, 0.1) is 18.2 Å². The summed E-state index contributed by atoms with van der Waals surface area (Å²) in [5.74, 6) is -1.12. The number of benzene rings is 1. The lowest BCUT2D eigenvalue weighted by Gasteiger charge is -2.42. The van der Waals surface area contributed by atoms with E-state index in [4.69, 9.17) is 27.5 Å². The molecule has 0 aromatic heterocycles. The molecular formula is C19H19ClFNO5. The molecule has 1 saturated carbocycles. The Hall–Kier alpha value is -2.30. The van der Waals surface area contributed by atoms with Crippen LogP contribution in [0.2, 0.25) is 5.02 Å². The van der Waals surface area contributed by atoms with Crippen molar-refractivity contribution in [2.24, 2.45) is 0 Å². The SMILES string of the molecule is C#CC(=O)N(c1ccc(OC2CCC2)c(Cl)c1F)C1(C(=O)O)CCOCC1. The van der Waals surface area contributed by atoms with E-state index in [0.717, 1.165) is 24.2 Å². The summed E-state index contributed by atoms with van der Waals surface area (Å²) in [5.41, 5.74) is -1.99. The highest BCUT2D eigenvalue weighted by molar-refractivity contribution is 6.32. The molecule has 2 aliphatic rings. The third kappa shape index (κ3) is 3.47. The zero-order valence-corrected chi connectivity index (χ0v) is 15.3. The molecule has 0 bridgehead atoms. The number of amides is 1. The molecule has 0 atom stereocenters. The van der Waals surface area contributed by atoms with Gasteiger partial charge in [-0.25, -0.2) is 9.18 Å². The van der Waals surface area contributed by atoms with E-state index in [-0.39, 0.29) is 48.6 Å². The molecule has 3 rings (SSSR count). The van der Waals surface area contributed by atoms with Crippen LogP contribution < -0.4 is 9.64 Å². The van der Waals surface area contributed by atoms with E-state index < -0.39 is 23.2 Å². The predicted molar refractivity (Wildman–Crippen MR) is 96.4 cm³/mol. The van der Waals surface area contributed by atoms with E-state index in [1.807, 2.05) is 5.92 Å². The lowest BCUT2D eigenvalue weighted by Crippen LogP contribution is -2.60. The van der Waals surface area contributed by atoms with E-state index in [9.17, 15) is 14.7 Å². The van der Waals surface area contributed by atoms with Crippen LogP contribution in [0.5, 0.6) is 5.75 Å². The molecule has 0 spiro atoms. The fourth-order valence-corrected chi connectivity index (χ4v) is 3.50. The van der Waals surface area contributed by atoms with Gasteiger partial charge in [0.1, 0.15) is 10.8 Å². The maximum Gasteiger partial charge on any atom is 0.330 e. The first-order chi connectivity index (χ1) is 12.9. The van der Waals surface area contributed by atoms with Crippen LogP contribution in [0.1, 0.15) is 32.1 Å². The van der Waals surface area contributed by atoms with Gasteiger partial charge in [-0.1, -0.05) is 11.6 Å². The fraction of sp³-hybridized carbons (Fsp3) is 0.474. The summed E-state index contributed by atoms with van der Waals surface area (Å²) in [6.45, 7) is 0.220. The second-order valence-corrected chi connectivity index (χ2v) is 6.99. The fourth-order valence-electron chi connectivity index (χ4n) is 3.29. The monoisotopic (exact) mass is 395 g/mol. The van der Waals surface area contributed by atoms with E-state index in [0.29, 0.717) is 0 Å². The number of carbonyl (C=O) groups excluding carboxylic acids is 1. The highest BCUT2D eigenvalue weighted by Crippen LogP contribution is 2.40. The Balaban J connectivity index is 2.05. The lowest BCUT2D eigenvalue weighted by atomic mass is 9.87. The minimum absolute atomic E-state index is 0.0166. The van der Waals surface area contributed by atoms with E-state index >= 15 is 4.39 Å². The topological polar surface area (TPSA) is 76.1 Å². The molecule has 1 aliphatic heterocycles. The number of halogens is 2. The summed E-state index contributed by atoms with van der Waals surface area (Å²) in [7, 11) is 0. The van der Waals surface area contributed by atoms with E-state index in [1.54, 1.807) is 0 Å². The van der Waals surface area contributed by atoms with Gasteiger partial charge in [0.15, 0.2) is 11.4 Å². The zero-order chi connectivity index (χ0) is 19.6. The van der Waals surface area contributed by atoms with Crippen molar-refractivity contribution in [2.75, 3.05) is 18.1 Å². The second-order valence-electron chi connectivity index (χ2n) is 6.62. The number of carboxylic acid groups (broad SMARTS) is 1. The molecule has 1 aliphatic carbocycles. The van der Waals surface area contributed by atoms with Crippen molar-refractivity contribution in [3.63, 3.8) is 0 Å². The Morgan fingerprint density at radius 1 is 1.37 bits per heavy atom. The first-order valence-electron chi connectivity index (χ1n) is 8.67. The van der Waals surface area contributed by atoms with Crippen LogP contribution in [0.25, 0.3) is 0 Å². The van der Waals surface area contributed by atoms with E-state index in [2.05, 4.69) is 0 Å². The summed E-state index contributed by atoms with van der Waals surface area (Å²) >= 11 is 6.12. The molecule has 6 nitrogen and oxygen atoms in total. The molecule has 1 N–H and O–H groups in total. The maximum absolute atomic E-state index is 15.1. The largest absolute Gasteiger partial charge is 0.489 e. The van der Waals surface area contributed by atoms with Gasteiger partial charge in [0.2, 0.25) is 0 Å². The average molecular weight is 396 g/mol. The Bertz CT molecular complexity index is 796. The number of carbonyl (C=O) groups is 2. The van der Waals surface area contributed by atoms with Crippen molar-refractivity contribution in [3.8, 4) is 18.1 Å². The summed E-state index contributed by atoms with van der Waals surface area (Å²) in [5, 5.41) is 9.54. The molecule has 1 amide bonds. The number of nitrogens with zero attached hydrogens (tertiary/aromatic N) is 1. The standard InChI is InChI=1S/C19H19ClFNO5/c1-2-15(23)22(19(18(24)25)8-10-26-11-9-19)13-6-7-14(16(20)17(13)21)27-12-4-3-5-12/h1,6-7,12H,3-5,8-11H2,(H,24,25). The van der Waals surface area contributed by atoms with E-state index in [1.165, 1.54) is 12.1 Å². The molecular weight excluding hydrogens is 377 g/mol. The molecule has 144 valence electrons. The van der Waals surface area contributed by atoms with Crippen molar-refractivity contribution in [2.45, 2.75) is 43.7 Å². The predicted octanol–water partition coefficient (Wildman–Crippen LogP) is 3.01. The average Bonchev–Trinajstić information content (AvgIpc) is 2.63. The minimum Gasteiger partial charge on any atom is -0.489 e. The third-order valence-electron chi connectivity index (χ3n) is 5.09. The van der Waals surface area contributed by atoms with Crippen molar-refractivity contribution < 1.29 is 28.6 Å². The number of hydrogen-bond donors (Lipinski definition) is 1. The first kappa shape index (κ1) is 19.5. The smallest absolute Gasteiger partial charge is 0.330 e. The van der Waals surface area contributed by atoms with Gasteiger partial charge in [-0.3, -0.25) is 9.69 Å². The summed E-state index contributed by atoms with van der Waals surface area (Å²) in [6.07, 6.45) is 7.95. The lowest BCUT2D eigenvalue weighted by molar-refractivity contribution is -0.148. The number of anilines is 1. The molecule has 1 heterocycles. The van der Waals surface area contributed by atoms with Crippen LogP contribution in [-0.2, 0) is 14.3 Å². The summed E-state index contributed by atoms with van der Waals surface area (Å²) in [6, 6.07) is 2.72. The molecule has 27 heavy (non-hydrogen) atoms. The second kappa shape index (κ2) is 7.75. The van der Waals surface area contributed by atoms with Crippen LogP contribution in [0.15, 0.2) is 12.1 Å². The zero-order valence-electron chi connectivity index (χ0n) is 14.5. The number of aliphatic carboxylic acids is 1. The number of carboxylic acids is 1. The first-order valence-corrected chi connectivity index (χ1v) is 9.05. The molecule has 1 aromatic rings. The van der Waals surface area contributed by atoms with Crippen molar-refractivity contribution in [1.29, 1.82) is 0 Å². The van der Waals surface area contributed by atoms with Crippen LogP contribution in [0.4, 0.5) is 10.1 Å². The van der Waals surface area contributed by atoms with Crippen molar-refractivity contribution >= 4 is 29.2 Å². The molecule has 0 unspecified atom stereocenters. The van der Waals surface area contributed by atoms with Gasteiger partial charge in [-0.05, 0) is 37.3 Å². The molecule has 0 radical (unpaired) electrons. The van der Waals surface area contributed by atoms with Gasteiger partial charge in [-0.15, -0.1) is 6.42 Å². The Morgan fingerprint density at radius 3 is 2.56 bits per heavy atom. The van der Waals surface area contributed by atoms with Gasteiger partial charge < -0.3 is 14.6 Å². The quantitative estimate of drug-likeness (QED) is 0.775. The summed E-state index contributed by atoms with van der Waals surface area (Å²) in [4.78, 5) is 25.3. The maximum atomic E-state index is 15.1. The molecule has 1 saturated heterocycles. The van der Waals surface area contributed by atoms with Gasteiger partial charge in [0, 0.05) is 26.1 Å². The highest BCUT2D eigenvalue weighted by Gasteiger charge is 2.49.